The number of carbonyl (C=O) groups is 1. The van der Waals surface area contributed by atoms with Gasteiger partial charge in [0, 0.05) is 24.7 Å². The highest BCUT2D eigenvalue weighted by atomic mass is 19.4. The van der Waals surface area contributed by atoms with Gasteiger partial charge in [0.1, 0.15) is 5.56 Å². The van der Waals surface area contributed by atoms with E-state index in [2.05, 4.69) is 10.1 Å². The lowest BCUT2D eigenvalue weighted by atomic mass is 10.1. The van der Waals surface area contributed by atoms with Crippen molar-refractivity contribution in [1.29, 1.82) is 0 Å². The molecule has 3 aromatic rings. The molecule has 2 aromatic heterocycles. The summed E-state index contributed by atoms with van der Waals surface area (Å²) in [5, 5.41) is 4.76. The number of aromatic nitrogens is 3. The summed E-state index contributed by atoms with van der Waals surface area (Å²) in [5.41, 5.74) is 0.214. The molecule has 4 rings (SSSR count). The fourth-order valence-electron chi connectivity index (χ4n) is 3.61. The molecule has 3 heterocycles. The summed E-state index contributed by atoms with van der Waals surface area (Å²) < 4.78 is 45.9. The van der Waals surface area contributed by atoms with E-state index in [4.69, 9.17) is 4.74 Å². The summed E-state index contributed by atoms with van der Waals surface area (Å²) in [6.45, 7) is 1.37. The number of halogens is 3. The van der Waals surface area contributed by atoms with E-state index in [1.165, 1.54) is 30.3 Å². The van der Waals surface area contributed by atoms with Crippen molar-refractivity contribution in [2.24, 2.45) is 0 Å². The van der Waals surface area contributed by atoms with Crippen LogP contribution in [0.25, 0.3) is 16.6 Å². The quantitative estimate of drug-likeness (QED) is 0.660. The Morgan fingerprint density at radius 2 is 1.90 bits per heavy atom. The second-order valence-electron chi connectivity index (χ2n) is 6.89. The van der Waals surface area contributed by atoms with E-state index in [-0.39, 0.29) is 17.3 Å². The zero-order valence-corrected chi connectivity index (χ0v) is 15.7. The maximum atomic E-state index is 13.0. The summed E-state index contributed by atoms with van der Waals surface area (Å²) in [7, 11) is 1.44. The van der Waals surface area contributed by atoms with Gasteiger partial charge in [-0.25, -0.2) is 0 Å². The molecule has 9 heteroatoms. The lowest BCUT2D eigenvalue weighted by Gasteiger charge is -2.26. The Hall–Kier alpha value is -3.10. The highest BCUT2D eigenvalue weighted by Crippen LogP contribution is 2.33. The van der Waals surface area contributed by atoms with Crippen LogP contribution in [0, 0.1) is 0 Å². The second kappa shape index (κ2) is 7.38. The number of amides is 1. The third-order valence-electron chi connectivity index (χ3n) is 5.07. The first-order valence-corrected chi connectivity index (χ1v) is 9.28. The molecule has 1 fully saturated rings. The van der Waals surface area contributed by atoms with Gasteiger partial charge in [0.15, 0.2) is 0 Å². The van der Waals surface area contributed by atoms with Crippen molar-refractivity contribution < 1.29 is 22.7 Å². The van der Waals surface area contributed by atoms with Gasteiger partial charge in [0.05, 0.1) is 30.1 Å². The Morgan fingerprint density at radius 3 is 2.59 bits per heavy atom. The molecule has 0 N–H and O–H groups in total. The number of fused-ring (bicyclic) bond motifs is 1. The van der Waals surface area contributed by atoms with Gasteiger partial charge in [0.2, 0.25) is 5.88 Å². The van der Waals surface area contributed by atoms with Crippen LogP contribution in [0.2, 0.25) is 0 Å². The van der Waals surface area contributed by atoms with Crippen LogP contribution < -0.4 is 4.74 Å². The fraction of sp³-hybridized carbons (Fsp3) is 0.350. The molecular formula is C20H19F3N4O2. The van der Waals surface area contributed by atoms with Gasteiger partial charge in [-0.2, -0.15) is 23.0 Å². The minimum Gasteiger partial charge on any atom is -0.480 e. The van der Waals surface area contributed by atoms with Crippen LogP contribution >= 0.6 is 0 Å². The first-order valence-electron chi connectivity index (χ1n) is 9.28. The van der Waals surface area contributed by atoms with Crippen LogP contribution in [-0.2, 0) is 6.18 Å². The number of benzene rings is 1. The van der Waals surface area contributed by atoms with Crippen LogP contribution in [0.4, 0.5) is 13.2 Å². The zero-order chi connectivity index (χ0) is 20.6. The number of piperidine rings is 1. The topological polar surface area (TPSA) is 60.2 Å². The van der Waals surface area contributed by atoms with E-state index >= 15 is 0 Å². The summed E-state index contributed by atoms with van der Waals surface area (Å²) >= 11 is 0. The Labute approximate surface area is 164 Å². The average Bonchev–Trinajstić information content (AvgIpc) is 3.16. The van der Waals surface area contributed by atoms with Crippen molar-refractivity contribution in [2.45, 2.75) is 25.4 Å². The SMILES string of the molecule is COc1c(C(=O)N2CCCCC2)cnn1-c1ccnc2cc(C(F)(F)F)ccc12. The smallest absolute Gasteiger partial charge is 0.416 e. The summed E-state index contributed by atoms with van der Waals surface area (Å²) in [6, 6.07) is 4.98. The molecule has 1 saturated heterocycles. The van der Waals surface area contributed by atoms with Gasteiger partial charge in [-0.15, -0.1) is 0 Å². The van der Waals surface area contributed by atoms with Gasteiger partial charge in [0.25, 0.3) is 5.91 Å². The van der Waals surface area contributed by atoms with Crippen LogP contribution in [-0.4, -0.2) is 45.8 Å². The van der Waals surface area contributed by atoms with Crippen LogP contribution in [0.1, 0.15) is 35.2 Å². The van der Waals surface area contributed by atoms with Crippen LogP contribution in [0.5, 0.6) is 5.88 Å². The second-order valence-corrected chi connectivity index (χ2v) is 6.89. The number of hydrogen-bond donors (Lipinski definition) is 0. The highest BCUT2D eigenvalue weighted by molar-refractivity contribution is 5.97. The molecule has 152 valence electrons. The van der Waals surface area contributed by atoms with Gasteiger partial charge < -0.3 is 9.64 Å². The van der Waals surface area contributed by atoms with Crippen molar-refractivity contribution in [1.82, 2.24) is 19.7 Å². The maximum absolute atomic E-state index is 13.0. The molecule has 0 spiro atoms. The van der Waals surface area contributed by atoms with E-state index in [9.17, 15) is 18.0 Å². The molecule has 0 unspecified atom stereocenters. The van der Waals surface area contributed by atoms with Crippen molar-refractivity contribution in [3.8, 4) is 11.6 Å². The third-order valence-corrected chi connectivity index (χ3v) is 5.07. The lowest BCUT2D eigenvalue weighted by molar-refractivity contribution is -0.137. The molecule has 29 heavy (non-hydrogen) atoms. The molecule has 0 aliphatic carbocycles. The predicted octanol–water partition coefficient (Wildman–Crippen LogP) is 4.07. The molecule has 0 saturated carbocycles. The summed E-state index contributed by atoms with van der Waals surface area (Å²) in [4.78, 5) is 18.7. The van der Waals surface area contributed by atoms with Crippen molar-refractivity contribution in [2.75, 3.05) is 20.2 Å². The summed E-state index contributed by atoms with van der Waals surface area (Å²) in [6.07, 6.45) is 1.40. The highest BCUT2D eigenvalue weighted by Gasteiger charge is 2.31. The number of carbonyl (C=O) groups excluding carboxylic acids is 1. The van der Waals surface area contributed by atoms with Crippen LogP contribution in [0.15, 0.2) is 36.7 Å². The third kappa shape index (κ3) is 3.52. The number of ether oxygens (including phenoxy) is 1. The number of likely N-dealkylation sites (tertiary alicyclic amines) is 1. The monoisotopic (exact) mass is 404 g/mol. The van der Waals surface area contributed by atoms with E-state index < -0.39 is 11.7 Å². The Balaban J connectivity index is 1.78. The lowest BCUT2D eigenvalue weighted by Crippen LogP contribution is -2.35. The predicted molar refractivity (Wildman–Crippen MR) is 100 cm³/mol. The van der Waals surface area contributed by atoms with Crippen LogP contribution in [0.3, 0.4) is 0 Å². The van der Waals surface area contributed by atoms with Gasteiger partial charge >= 0.3 is 6.18 Å². The number of methoxy groups -OCH3 is 1. The zero-order valence-electron chi connectivity index (χ0n) is 15.7. The molecule has 1 aromatic carbocycles. The van der Waals surface area contributed by atoms with E-state index in [0.29, 0.717) is 29.7 Å². The van der Waals surface area contributed by atoms with Crippen molar-refractivity contribution >= 4 is 16.8 Å². The minimum absolute atomic E-state index is 0.162. The normalized spacial score (nSPS) is 15.0. The van der Waals surface area contributed by atoms with Crippen molar-refractivity contribution in [3.05, 3.63) is 47.8 Å². The molecule has 6 nitrogen and oxygen atoms in total. The standard InChI is InChI=1S/C20H19F3N4O2/c1-29-19-15(18(28)26-9-3-2-4-10-26)12-25-27(19)17-7-8-24-16-11-13(20(21,22)23)5-6-14(16)17/h5-8,11-12H,2-4,9-10H2,1H3. The molecule has 1 aliphatic rings. The summed E-state index contributed by atoms with van der Waals surface area (Å²) in [5.74, 6) is 0.0819. The Morgan fingerprint density at radius 1 is 1.14 bits per heavy atom. The molecular weight excluding hydrogens is 385 g/mol. The number of rotatable bonds is 3. The van der Waals surface area contributed by atoms with Gasteiger partial charge in [-0.3, -0.25) is 9.78 Å². The van der Waals surface area contributed by atoms with E-state index in [1.54, 1.807) is 11.0 Å². The largest absolute Gasteiger partial charge is 0.480 e. The fourth-order valence-corrected chi connectivity index (χ4v) is 3.61. The molecule has 1 amide bonds. The first kappa shape index (κ1) is 19.2. The molecule has 0 bridgehead atoms. The number of nitrogens with zero attached hydrogens (tertiary/aromatic N) is 4. The Bertz CT molecular complexity index is 1060. The van der Waals surface area contributed by atoms with Gasteiger partial charge in [-0.05, 0) is 37.5 Å². The molecule has 0 atom stereocenters. The van der Waals surface area contributed by atoms with E-state index in [1.807, 2.05) is 0 Å². The molecule has 0 radical (unpaired) electrons. The number of pyridine rings is 1. The minimum atomic E-state index is -4.46. The maximum Gasteiger partial charge on any atom is 0.416 e. The first-order chi connectivity index (χ1) is 13.9. The van der Waals surface area contributed by atoms with Gasteiger partial charge in [-0.1, -0.05) is 6.07 Å². The van der Waals surface area contributed by atoms with Crippen molar-refractivity contribution in [3.63, 3.8) is 0 Å². The van der Waals surface area contributed by atoms with E-state index in [0.717, 1.165) is 31.4 Å². The molecule has 1 aliphatic heterocycles. The number of hydrogen-bond acceptors (Lipinski definition) is 4. The average molecular weight is 404 g/mol. The Kier molecular flexibility index (Phi) is 4.89. The number of alkyl halides is 3.